The van der Waals surface area contributed by atoms with E-state index in [1.165, 1.54) is 29.9 Å². The Kier molecular flexibility index (Phi) is 11.5. The predicted molar refractivity (Wildman–Crippen MR) is 237 cm³/mol. The number of anilines is 4. The number of carbonyl (C=O) groups excluding carboxylic acids is 5. The van der Waals surface area contributed by atoms with Gasteiger partial charge in [0.1, 0.15) is 11.1 Å². The van der Waals surface area contributed by atoms with E-state index >= 15 is 4.39 Å². The maximum atomic E-state index is 16.2. The molecular weight excluding hydrogens is 847 g/mol. The van der Waals surface area contributed by atoms with Crippen LogP contribution in [0.3, 0.4) is 0 Å². The maximum absolute atomic E-state index is 16.2. The lowest BCUT2D eigenvalue weighted by atomic mass is 9.71. The summed E-state index contributed by atoms with van der Waals surface area (Å²) in [5.41, 5.74) is 1.68. The Morgan fingerprint density at radius 2 is 1.70 bits per heavy atom. The second kappa shape index (κ2) is 17.1. The van der Waals surface area contributed by atoms with Crippen LogP contribution in [0.4, 0.5) is 27.5 Å². The van der Waals surface area contributed by atoms with Gasteiger partial charge in [0, 0.05) is 68.7 Å². The molecular formula is C45H50ClFN10O7. The smallest absolute Gasteiger partial charge is 0.293 e. The molecule has 4 saturated heterocycles. The predicted octanol–water partition coefficient (Wildman–Crippen LogP) is 4.25. The van der Waals surface area contributed by atoms with E-state index in [0.29, 0.717) is 22.9 Å². The molecule has 0 aliphatic carbocycles. The minimum absolute atomic E-state index is 0.0810. The van der Waals surface area contributed by atoms with Gasteiger partial charge in [0.2, 0.25) is 17.8 Å². The van der Waals surface area contributed by atoms with E-state index in [-0.39, 0.29) is 64.1 Å². The number of nitrogens with zero attached hydrogens (tertiary/aromatic N) is 7. The van der Waals surface area contributed by atoms with Gasteiger partial charge in [-0.3, -0.25) is 39.0 Å². The molecule has 7 heterocycles. The summed E-state index contributed by atoms with van der Waals surface area (Å²) in [5, 5.41) is 8.07. The van der Waals surface area contributed by atoms with Crippen LogP contribution < -0.4 is 36.0 Å². The number of hydrogen-bond donors (Lipinski definition) is 3. The zero-order chi connectivity index (χ0) is 45.0. The molecule has 1 unspecified atom stereocenters. The highest BCUT2D eigenvalue weighted by atomic mass is 35.5. The largest absolute Gasteiger partial charge is 0.478 e. The highest BCUT2D eigenvalue weighted by Crippen LogP contribution is 2.44. The number of piperidine rings is 3. The first-order valence-corrected chi connectivity index (χ1v) is 22.2. The van der Waals surface area contributed by atoms with E-state index in [4.69, 9.17) is 21.3 Å². The van der Waals surface area contributed by atoms with Gasteiger partial charge in [0.05, 0.1) is 28.5 Å². The average Bonchev–Trinajstić information content (AvgIpc) is 3.51. The lowest BCUT2D eigenvalue weighted by molar-refractivity contribution is -0.136. The Hall–Kier alpha value is -6.14. The molecule has 0 radical (unpaired) electrons. The Morgan fingerprint density at radius 3 is 2.41 bits per heavy atom. The zero-order valence-electron chi connectivity index (χ0n) is 35.9. The molecule has 1 atom stereocenters. The minimum Gasteiger partial charge on any atom is -0.478 e. The molecule has 17 nitrogen and oxygen atoms in total. The van der Waals surface area contributed by atoms with Crippen molar-refractivity contribution < 1.29 is 33.1 Å². The summed E-state index contributed by atoms with van der Waals surface area (Å²) in [5.74, 6) is -1.96. The summed E-state index contributed by atoms with van der Waals surface area (Å²) in [6, 6.07) is 8.53. The first-order valence-electron chi connectivity index (χ1n) is 21.8. The number of halogens is 2. The van der Waals surface area contributed by atoms with Gasteiger partial charge >= 0.3 is 0 Å². The van der Waals surface area contributed by atoms with E-state index in [0.717, 1.165) is 82.1 Å². The number of imide groups is 2. The SMILES string of the molecule is CNC(=O)COc1cc2c(F)c(Nc3nc(N4CCC(CN5CCC6(CC5)CN(c5ccc7c(c5)C(=O)N(C5CCC(=O)NC5=O)C7=O)C6)CC4)ncc3Cl)ccc2n(C(C)C)c1=O. The highest BCUT2D eigenvalue weighted by Gasteiger charge is 2.47. The van der Waals surface area contributed by atoms with Crippen molar-refractivity contribution in [1.82, 2.24) is 35.0 Å². The molecule has 4 fully saturated rings. The molecule has 2 aromatic carbocycles. The van der Waals surface area contributed by atoms with Crippen molar-refractivity contribution in [3.05, 3.63) is 74.9 Å². The quantitative estimate of drug-likeness (QED) is 0.181. The summed E-state index contributed by atoms with van der Waals surface area (Å²) in [6.07, 6.45) is 5.79. The number of benzene rings is 2. The van der Waals surface area contributed by atoms with Crippen molar-refractivity contribution in [1.29, 1.82) is 0 Å². The van der Waals surface area contributed by atoms with E-state index in [1.54, 1.807) is 18.2 Å². The third-order valence-electron chi connectivity index (χ3n) is 13.4. The van der Waals surface area contributed by atoms with Gasteiger partial charge in [-0.1, -0.05) is 11.6 Å². The molecule has 5 amide bonds. The molecule has 5 aliphatic rings. The third kappa shape index (κ3) is 8.01. The second-order valence-electron chi connectivity index (χ2n) is 17.9. The molecule has 4 aromatic rings. The number of rotatable bonds is 11. The topological polar surface area (TPSA) is 191 Å². The number of pyridine rings is 1. The zero-order valence-corrected chi connectivity index (χ0v) is 36.7. The fourth-order valence-electron chi connectivity index (χ4n) is 9.81. The number of likely N-dealkylation sites (tertiary alicyclic amines) is 1. The summed E-state index contributed by atoms with van der Waals surface area (Å²) in [7, 11) is 1.46. The van der Waals surface area contributed by atoms with Crippen molar-refractivity contribution in [2.24, 2.45) is 11.3 Å². The second-order valence-corrected chi connectivity index (χ2v) is 18.3. The van der Waals surface area contributed by atoms with Gasteiger partial charge in [0.15, 0.2) is 24.0 Å². The van der Waals surface area contributed by atoms with Crippen molar-refractivity contribution in [2.75, 3.05) is 74.6 Å². The molecule has 1 spiro atoms. The van der Waals surface area contributed by atoms with E-state index in [9.17, 15) is 28.8 Å². The van der Waals surface area contributed by atoms with Crippen LogP contribution in [0.15, 0.2) is 47.4 Å². The average molecular weight is 897 g/mol. The first kappa shape index (κ1) is 43.1. The standard InChI is InChI=1S/C45H50ClFN10O7/c1-25(2)56-33-7-6-32(38(47)30(33)19-35(43(56)63)64-22-37(59)48-3)50-39-31(46)20-49-44(52-39)54-14-10-26(11-15-54)21-53-16-12-45(13-17-53)23-55(24-45)27-4-5-28-29(18-27)42(62)57(41(28)61)34-8-9-36(58)51-40(34)60/h4-7,18-20,25-26,34H,8-17,21-24H2,1-3H3,(H,48,59)(H,49,50,52)(H,51,58,60). The van der Waals surface area contributed by atoms with E-state index < -0.39 is 47.0 Å². The number of ether oxygens (including phenoxy) is 1. The fourth-order valence-corrected chi connectivity index (χ4v) is 9.95. The molecule has 64 heavy (non-hydrogen) atoms. The van der Waals surface area contributed by atoms with Crippen LogP contribution >= 0.6 is 11.6 Å². The Bertz CT molecular complexity index is 2630. The molecule has 5 aliphatic heterocycles. The van der Waals surface area contributed by atoms with Gasteiger partial charge in [-0.15, -0.1) is 0 Å². The summed E-state index contributed by atoms with van der Waals surface area (Å²) in [6.45, 7) is 9.52. The number of aromatic nitrogens is 3. The Morgan fingerprint density at radius 1 is 0.969 bits per heavy atom. The van der Waals surface area contributed by atoms with Crippen LogP contribution in [0.5, 0.6) is 5.75 Å². The van der Waals surface area contributed by atoms with Crippen LogP contribution in [0, 0.1) is 17.2 Å². The van der Waals surface area contributed by atoms with E-state index in [2.05, 4.69) is 35.6 Å². The van der Waals surface area contributed by atoms with Crippen LogP contribution in [-0.2, 0) is 14.4 Å². The lowest BCUT2D eigenvalue weighted by Gasteiger charge is -2.55. The van der Waals surface area contributed by atoms with Crippen molar-refractivity contribution in [3.8, 4) is 5.75 Å². The van der Waals surface area contributed by atoms with Crippen molar-refractivity contribution in [3.63, 3.8) is 0 Å². The third-order valence-corrected chi connectivity index (χ3v) is 13.7. The molecule has 2 aromatic heterocycles. The first-order chi connectivity index (χ1) is 30.7. The van der Waals surface area contributed by atoms with Crippen LogP contribution in [-0.4, -0.2) is 119 Å². The summed E-state index contributed by atoms with van der Waals surface area (Å²) in [4.78, 5) is 92.9. The Balaban J connectivity index is 0.775. The van der Waals surface area contributed by atoms with Gasteiger partial charge in [-0.05, 0) is 101 Å². The van der Waals surface area contributed by atoms with Gasteiger partial charge in [0.25, 0.3) is 23.3 Å². The van der Waals surface area contributed by atoms with Gasteiger partial charge in [-0.2, -0.15) is 4.98 Å². The van der Waals surface area contributed by atoms with Crippen LogP contribution in [0.1, 0.15) is 79.1 Å². The number of amides is 5. The van der Waals surface area contributed by atoms with Gasteiger partial charge in [-0.25, -0.2) is 9.37 Å². The maximum Gasteiger partial charge on any atom is 0.293 e. The number of likely N-dealkylation sites (N-methyl/N-ethyl adjacent to an activating group) is 1. The molecule has 9 rings (SSSR count). The molecule has 0 saturated carbocycles. The fraction of sp³-hybridized carbons (Fsp3) is 0.467. The molecule has 0 bridgehead atoms. The van der Waals surface area contributed by atoms with Crippen molar-refractivity contribution in [2.45, 2.75) is 64.5 Å². The van der Waals surface area contributed by atoms with Crippen molar-refractivity contribution >= 4 is 75.2 Å². The molecule has 336 valence electrons. The van der Waals surface area contributed by atoms with E-state index in [1.807, 2.05) is 19.9 Å². The Labute approximate surface area is 373 Å². The number of fused-ring (bicyclic) bond motifs is 2. The summed E-state index contributed by atoms with van der Waals surface area (Å²) >= 11 is 6.54. The number of hydrogen-bond acceptors (Lipinski definition) is 13. The summed E-state index contributed by atoms with van der Waals surface area (Å²) < 4.78 is 23.2. The monoisotopic (exact) mass is 896 g/mol. The minimum atomic E-state index is -0.986. The lowest BCUT2D eigenvalue weighted by Crippen LogP contribution is -2.60. The normalized spacial score (nSPS) is 20.2. The van der Waals surface area contributed by atoms with Crippen LogP contribution in [0.2, 0.25) is 5.02 Å². The van der Waals surface area contributed by atoms with Gasteiger partial charge < -0.3 is 34.6 Å². The van der Waals surface area contributed by atoms with Crippen LogP contribution in [0.25, 0.3) is 10.9 Å². The molecule has 3 N–H and O–H groups in total. The number of carbonyl (C=O) groups is 5. The number of nitrogens with one attached hydrogen (secondary N) is 3. The highest BCUT2D eigenvalue weighted by molar-refractivity contribution is 6.33. The molecule has 19 heteroatoms.